The number of nitrogens with zero attached hydrogens (tertiary/aromatic N) is 1. The van der Waals surface area contributed by atoms with Gasteiger partial charge in [0.2, 0.25) is 6.41 Å². The van der Waals surface area contributed by atoms with Crippen LogP contribution in [0.4, 0.5) is 5.69 Å². The van der Waals surface area contributed by atoms with Crippen molar-refractivity contribution < 1.29 is 19.1 Å². The van der Waals surface area contributed by atoms with Gasteiger partial charge in [-0.25, -0.2) is 0 Å². The Morgan fingerprint density at radius 3 is 2.55 bits per heavy atom. The molecule has 1 amide bonds. The number of hydrogen-bond acceptors (Lipinski definition) is 6. The van der Waals surface area contributed by atoms with Gasteiger partial charge in [-0.1, -0.05) is 23.8 Å². The summed E-state index contributed by atoms with van der Waals surface area (Å²) in [5, 5.41) is 3.08. The Hall–Kier alpha value is -2.25. The average molecular weight is 449 g/mol. The minimum absolute atomic E-state index is 0.00611. The van der Waals surface area contributed by atoms with E-state index >= 15 is 0 Å². The third-order valence-corrected chi connectivity index (χ3v) is 6.23. The van der Waals surface area contributed by atoms with E-state index in [1.165, 1.54) is 12.5 Å². The van der Waals surface area contributed by atoms with E-state index in [1.807, 2.05) is 51.2 Å². The van der Waals surface area contributed by atoms with Gasteiger partial charge in [-0.3, -0.25) is 9.59 Å². The maximum absolute atomic E-state index is 11.7. The highest BCUT2D eigenvalue weighted by Crippen LogP contribution is 2.37. The van der Waals surface area contributed by atoms with Gasteiger partial charge in [0, 0.05) is 24.9 Å². The molecule has 0 aliphatic carbocycles. The molecular formula is C24H36N2O4S. The van der Waals surface area contributed by atoms with Crippen LogP contribution in [0.15, 0.2) is 52.6 Å². The van der Waals surface area contributed by atoms with Crippen molar-refractivity contribution in [1.29, 1.82) is 0 Å². The minimum Gasteiger partial charge on any atom is -0.502 e. The second-order valence-electron chi connectivity index (χ2n) is 7.35. The third kappa shape index (κ3) is 10.1. The van der Waals surface area contributed by atoms with Crippen LogP contribution < -0.4 is 10.2 Å². The molecule has 1 aromatic carbocycles. The summed E-state index contributed by atoms with van der Waals surface area (Å²) in [6, 6.07) is 7.84. The van der Waals surface area contributed by atoms with Gasteiger partial charge in [-0.05, 0) is 58.9 Å². The molecule has 0 heterocycles. The van der Waals surface area contributed by atoms with Crippen LogP contribution in [-0.2, 0) is 19.1 Å². The number of esters is 1. The number of allylic oxidation sites excluding steroid dienone is 4. The van der Waals surface area contributed by atoms with E-state index < -0.39 is 0 Å². The summed E-state index contributed by atoms with van der Waals surface area (Å²) in [4.78, 5) is 26.0. The lowest BCUT2D eigenvalue weighted by molar-refractivity contribution is -0.145. The Kier molecular flexibility index (Phi) is 12.7. The highest BCUT2D eigenvalue weighted by molar-refractivity contribution is 8.00. The molecule has 0 aliphatic heterocycles. The number of ether oxygens (including phenoxy) is 2. The number of carbonyl (C=O) groups excluding carboxylic acids is 2. The molecule has 1 N–H and O–H groups in total. The lowest BCUT2D eigenvalue weighted by atomic mass is 10.1. The standard InChI is InChI=1S/C24H36N2O4S/c1-18(10-9-11-19(2)29-6)16-24(20(3)30-21(4)28)31-23-13-8-7-12-22(23)26(17-27)15-14-25-5/h7-8,10-13,17,20,24-25H,9,14-16H2,1-6H3/b18-10+,19-11+. The summed E-state index contributed by atoms with van der Waals surface area (Å²) in [6.45, 7) is 8.63. The smallest absolute Gasteiger partial charge is 0.302 e. The van der Waals surface area contributed by atoms with Crippen LogP contribution >= 0.6 is 11.8 Å². The predicted octanol–water partition coefficient (Wildman–Crippen LogP) is 4.56. The van der Waals surface area contributed by atoms with Crippen molar-refractivity contribution in [3.63, 3.8) is 0 Å². The molecule has 0 saturated carbocycles. The Morgan fingerprint density at radius 1 is 1.23 bits per heavy atom. The number of amides is 1. The van der Waals surface area contributed by atoms with Gasteiger partial charge < -0.3 is 19.7 Å². The van der Waals surface area contributed by atoms with Crippen molar-refractivity contribution in [3.05, 3.63) is 47.7 Å². The molecule has 2 atom stereocenters. The number of para-hydroxylation sites is 1. The van der Waals surface area contributed by atoms with Crippen molar-refractivity contribution in [2.75, 3.05) is 32.1 Å². The number of carbonyl (C=O) groups is 2. The first kappa shape index (κ1) is 26.8. The Morgan fingerprint density at radius 2 is 1.94 bits per heavy atom. The first-order valence-corrected chi connectivity index (χ1v) is 11.4. The van der Waals surface area contributed by atoms with E-state index in [1.54, 1.807) is 23.8 Å². The van der Waals surface area contributed by atoms with Crippen molar-refractivity contribution in [1.82, 2.24) is 5.32 Å². The summed E-state index contributed by atoms with van der Waals surface area (Å²) in [5.74, 6) is 0.586. The average Bonchev–Trinajstić information content (AvgIpc) is 2.74. The Labute approximate surface area is 191 Å². The van der Waals surface area contributed by atoms with Crippen molar-refractivity contribution >= 4 is 29.8 Å². The second-order valence-corrected chi connectivity index (χ2v) is 8.63. The van der Waals surface area contributed by atoms with Gasteiger partial charge in [0.1, 0.15) is 6.10 Å². The summed E-state index contributed by atoms with van der Waals surface area (Å²) in [7, 11) is 3.52. The molecule has 1 rings (SSSR count). The summed E-state index contributed by atoms with van der Waals surface area (Å²) < 4.78 is 10.7. The molecule has 0 saturated heterocycles. The molecule has 31 heavy (non-hydrogen) atoms. The van der Waals surface area contributed by atoms with Crippen LogP contribution in [0.25, 0.3) is 0 Å². The van der Waals surface area contributed by atoms with Crippen LogP contribution in [-0.4, -0.2) is 51.0 Å². The van der Waals surface area contributed by atoms with Crippen LogP contribution in [0.3, 0.4) is 0 Å². The lowest BCUT2D eigenvalue weighted by Gasteiger charge is -2.26. The molecule has 0 aromatic heterocycles. The molecule has 2 unspecified atom stereocenters. The molecule has 0 bridgehead atoms. The maximum atomic E-state index is 11.7. The minimum atomic E-state index is -0.296. The topological polar surface area (TPSA) is 67.9 Å². The van der Waals surface area contributed by atoms with Gasteiger partial charge >= 0.3 is 5.97 Å². The Balaban J connectivity index is 3.09. The zero-order valence-corrected chi connectivity index (χ0v) is 20.3. The molecule has 0 spiro atoms. The first-order valence-electron chi connectivity index (χ1n) is 10.5. The van der Waals surface area contributed by atoms with Crippen molar-refractivity contribution in [3.8, 4) is 0 Å². The monoisotopic (exact) mass is 448 g/mol. The largest absolute Gasteiger partial charge is 0.502 e. The van der Waals surface area contributed by atoms with E-state index in [0.29, 0.717) is 13.1 Å². The van der Waals surface area contributed by atoms with E-state index in [2.05, 4.69) is 18.3 Å². The normalized spacial score (nSPS) is 14.0. The van der Waals surface area contributed by atoms with Gasteiger partial charge in [-0.15, -0.1) is 11.8 Å². The second kappa shape index (κ2) is 14.7. The third-order valence-electron chi connectivity index (χ3n) is 4.78. The highest BCUT2D eigenvalue weighted by Gasteiger charge is 2.24. The maximum Gasteiger partial charge on any atom is 0.302 e. The number of methoxy groups -OCH3 is 1. The van der Waals surface area contributed by atoms with E-state index in [-0.39, 0.29) is 17.3 Å². The van der Waals surface area contributed by atoms with Gasteiger partial charge in [0.25, 0.3) is 0 Å². The highest BCUT2D eigenvalue weighted by atomic mass is 32.2. The number of hydrogen-bond donors (Lipinski definition) is 1. The fraction of sp³-hybridized carbons (Fsp3) is 0.500. The van der Waals surface area contributed by atoms with E-state index in [4.69, 9.17) is 9.47 Å². The predicted molar refractivity (Wildman–Crippen MR) is 128 cm³/mol. The SMILES string of the molecule is CNCCN(C=O)c1ccccc1SC(C/C(C)=C/C/C=C(\C)OC)C(C)OC(C)=O. The Bertz CT molecular complexity index is 764. The van der Waals surface area contributed by atoms with Crippen LogP contribution in [0.1, 0.15) is 40.5 Å². The van der Waals surface area contributed by atoms with Gasteiger partial charge in [-0.2, -0.15) is 0 Å². The quantitative estimate of drug-likeness (QED) is 0.148. The first-order chi connectivity index (χ1) is 14.8. The van der Waals surface area contributed by atoms with Crippen molar-refractivity contribution in [2.45, 2.75) is 56.8 Å². The summed E-state index contributed by atoms with van der Waals surface area (Å²) in [5.41, 5.74) is 2.06. The lowest BCUT2D eigenvalue weighted by Crippen LogP contribution is -2.30. The van der Waals surface area contributed by atoms with E-state index in [0.717, 1.165) is 35.6 Å². The van der Waals surface area contributed by atoms with Gasteiger partial charge in [0.05, 0.1) is 23.8 Å². The summed E-state index contributed by atoms with van der Waals surface area (Å²) >= 11 is 1.64. The fourth-order valence-electron chi connectivity index (χ4n) is 2.97. The number of rotatable bonds is 14. The van der Waals surface area contributed by atoms with Crippen LogP contribution in [0, 0.1) is 0 Å². The van der Waals surface area contributed by atoms with Crippen molar-refractivity contribution in [2.24, 2.45) is 0 Å². The molecule has 0 fully saturated rings. The number of thioether (sulfide) groups is 1. The number of benzene rings is 1. The zero-order valence-electron chi connectivity index (χ0n) is 19.5. The van der Waals surface area contributed by atoms with Gasteiger partial charge in [0.15, 0.2) is 0 Å². The molecule has 0 aliphatic rings. The fourth-order valence-corrected chi connectivity index (χ4v) is 4.35. The molecular weight excluding hydrogens is 412 g/mol. The van der Waals surface area contributed by atoms with E-state index in [9.17, 15) is 9.59 Å². The zero-order chi connectivity index (χ0) is 23.2. The summed E-state index contributed by atoms with van der Waals surface area (Å²) in [6.07, 6.45) is 6.30. The van der Waals surface area contributed by atoms with Crippen LogP contribution in [0.5, 0.6) is 0 Å². The molecule has 7 heteroatoms. The molecule has 172 valence electrons. The molecule has 6 nitrogen and oxygen atoms in total. The molecule has 0 radical (unpaired) electrons. The number of anilines is 1. The molecule has 1 aromatic rings. The number of nitrogens with one attached hydrogen (secondary N) is 1. The van der Waals surface area contributed by atoms with Crippen LogP contribution in [0.2, 0.25) is 0 Å². The number of likely N-dealkylation sites (N-methyl/N-ethyl adjacent to an activating group) is 1.